The van der Waals surface area contributed by atoms with Crippen LogP contribution in [-0.2, 0) is 4.74 Å². The number of carboxylic acids is 1. The summed E-state index contributed by atoms with van der Waals surface area (Å²) in [6.45, 7) is 0. The summed E-state index contributed by atoms with van der Waals surface area (Å²) in [5, 5.41) is 12.4. The summed E-state index contributed by atoms with van der Waals surface area (Å²) in [6, 6.07) is 26.7. The normalized spacial score (nSPS) is 10.7. The van der Waals surface area contributed by atoms with Crippen LogP contribution in [0.25, 0.3) is 12.2 Å². The number of hydrogen-bond donors (Lipinski definition) is 2. The minimum absolute atomic E-state index is 0.0556. The number of benzene rings is 4. The fourth-order valence-electron chi connectivity index (χ4n) is 3.93. The summed E-state index contributed by atoms with van der Waals surface area (Å²) in [4.78, 5) is 50.6. The number of ether oxygens (including phenoxy) is 1. The van der Waals surface area contributed by atoms with E-state index in [1.165, 1.54) is 30.2 Å². The van der Waals surface area contributed by atoms with Crippen LogP contribution >= 0.6 is 0 Å². The molecule has 0 spiro atoms. The van der Waals surface area contributed by atoms with Gasteiger partial charge in [-0.15, -0.1) is 0 Å². The third-order valence-electron chi connectivity index (χ3n) is 6.17. The maximum atomic E-state index is 12.9. The van der Waals surface area contributed by atoms with Crippen LogP contribution in [0, 0.1) is 0 Å². The van der Waals surface area contributed by atoms with Crippen molar-refractivity contribution in [3.8, 4) is 0 Å². The van der Waals surface area contributed by atoms with Crippen molar-refractivity contribution in [2.24, 2.45) is 0 Å². The topological polar surface area (TPSA) is 113 Å². The van der Waals surface area contributed by atoms with E-state index in [0.717, 1.165) is 5.56 Å². The number of carboxylic acid groups (broad SMARTS) is 1. The van der Waals surface area contributed by atoms with Crippen LogP contribution in [0.4, 0.5) is 11.4 Å². The minimum atomic E-state index is -1.11. The van der Waals surface area contributed by atoms with E-state index in [4.69, 9.17) is 0 Å². The maximum absolute atomic E-state index is 12.9. The molecule has 0 aliphatic heterocycles. The third-order valence-corrected chi connectivity index (χ3v) is 6.17. The number of nitrogens with zero attached hydrogens (tertiary/aromatic N) is 1. The zero-order valence-electron chi connectivity index (χ0n) is 21.8. The van der Waals surface area contributed by atoms with Crippen LogP contribution < -0.4 is 10.2 Å². The number of methoxy groups -OCH3 is 1. The molecule has 0 radical (unpaired) electrons. The van der Waals surface area contributed by atoms with Gasteiger partial charge in [-0.2, -0.15) is 0 Å². The molecule has 0 aliphatic rings. The van der Waals surface area contributed by atoms with Gasteiger partial charge in [0.15, 0.2) is 0 Å². The lowest BCUT2D eigenvalue weighted by Gasteiger charge is -2.18. The molecule has 0 heterocycles. The van der Waals surface area contributed by atoms with Gasteiger partial charge in [-0.05, 0) is 71.8 Å². The van der Waals surface area contributed by atoms with Crippen LogP contribution in [-0.4, -0.2) is 43.0 Å². The van der Waals surface area contributed by atoms with Crippen molar-refractivity contribution >= 4 is 47.3 Å². The molecule has 4 aromatic rings. The number of nitrogens with one attached hydrogen (secondary N) is 1. The number of esters is 1. The lowest BCUT2D eigenvalue weighted by Crippen LogP contribution is -2.26. The Morgan fingerprint density at radius 3 is 2.02 bits per heavy atom. The summed E-state index contributed by atoms with van der Waals surface area (Å²) in [6.07, 6.45) is 3.54. The summed E-state index contributed by atoms with van der Waals surface area (Å²) in [5.41, 5.74) is 3.44. The molecule has 0 fully saturated rings. The first-order valence-corrected chi connectivity index (χ1v) is 12.2. The quantitative estimate of drug-likeness (QED) is 0.216. The van der Waals surface area contributed by atoms with Crippen molar-refractivity contribution in [2.75, 3.05) is 24.4 Å². The van der Waals surface area contributed by atoms with E-state index in [0.29, 0.717) is 33.6 Å². The van der Waals surface area contributed by atoms with Crippen molar-refractivity contribution in [1.29, 1.82) is 0 Å². The van der Waals surface area contributed by atoms with Gasteiger partial charge in [0.1, 0.15) is 0 Å². The lowest BCUT2D eigenvalue weighted by atomic mass is 10.0. The van der Waals surface area contributed by atoms with Crippen LogP contribution in [0.5, 0.6) is 0 Å². The number of carbonyl (C=O) groups excluding carboxylic acids is 3. The molecule has 200 valence electrons. The Hall–Kier alpha value is -5.50. The first kappa shape index (κ1) is 27.5. The molecule has 0 saturated heterocycles. The molecule has 4 aromatic carbocycles. The summed E-state index contributed by atoms with van der Waals surface area (Å²) in [5.74, 6) is -2.32. The van der Waals surface area contributed by atoms with Gasteiger partial charge >= 0.3 is 11.9 Å². The average molecular weight is 535 g/mol. The number of aromatic carboxylic acids is 1. The van der Waals surface area contributed by atoms with Crippen LogP contribution in [0.2, 0.25) is 0 Å². The van der Waals surface area contributed by atoms with Crippen molar-refractivity contribution in [3.05, 3.63) is 130 Å². The third kappa shape index (κ3) is 6.49. The zero-order chi connectivity index (χ0) is 28.6. The molecular weight excluding hydrogens is 508 g/mol. The number of rotatable bonds is 8. The van der Waals surface area contributed by atoms with Gasteiger partial charge in [-0.25, -0.2) is 9.59 Å². The van der Waals surface area contributed by atoms with Crippen LogP contribution in [0.3, 0.4) is 0 Å². The highest BCUT2D eigenvalue weighted by Gasteiger charge is 2.16. The second-order valence-corrected chi connectivity index (χ2v) is 8.79. The van der Waals surface area contributed by atoms with Crippen molar-refractivity contribution in [2.45, 2.75) is 0 Å². The number of amides is 2. The molecule has 0 aliphatic carbocycles. The van der Waals surface area contributed by atoms with E-state index in [-0.39, 0.29) is 11.5 Å². The SMILES string of the molecule is COC(=O)c1ccc(C(=O)N(C)c2ccc(C(=O)Nc3ccc(/C=C/c4ccccc4)c(C(=O)O)c3)cc2)cc1. The molecule has 0 saturated carbocycles. The van der Waals surface area contributed by atoms with Gasteiger partial charge in [0.25, 0.3) is 11.8 Å². The molecule has 0 bridgehead atoms. The van der Waals surface area contributed by atoms with E-state index in [9.17, 15) is 24.3 Å². The van der Waals surface area contributed by atoms with Gasteiger partial charge in [0, 0.05) is 29.5 Å². The highest BCUT2D eigenvalue weighted by Crippen LogP contribution is 2.21. The molecule has 0 unspecified atom stereocenters. The van der Waals surface area contributed by atoms with E-state index in [2.05, 4.69) is 10.1 Å². The summed E-state index contributed by atoms with van der Waals surface area (Å²) >= 11 is 0. The van der Waals surface area contributed by atoms with E-state index in [1.807, 2.05) is 36.4 Å². The zero-order valence-corrected chi connectivity index (χ0v) is 21.8. The van der Waals surface area contributed by atoms with Gasteiger partial charge in [0.2, 0.25) is 0 Å². The summed E-state index contributed by atoms with van der Waals surface area (Å²) in [7, 11) is 2.89. The van der Waals surface area contributed by atoms with Crippen molar-refractivity contribution < 1.29 is 29.0 Å². The van der Waals surface area contributed by atoms with Crippen molar-refractivity contribution in [1.82, 2.24) is 0 Å². The molecule has 8 heteroatoms. The predicted octanol–water partition coefficient (Wildman–Crippen LogP) is 5.87. The minimum Gasteiger partial charge on any atom is -0.478 e. The molecular formula is C32H26N2O6. The molecule has 8 nitrogen and oxygen atoms in total. The maximum Gasteiger partial charge on any atom is 0.337 e. The first-order chi connectivity index (χ1) is 19.3. The van der Waals surface area contributed by atoms with E-state index < -0.39 is 17.8 Å². The standard InChI is InChI=1S/C32H26N2O6/c1-34(30(36)24-10-12-25(13-11-24)32(39)40-2)27-18-15-23(16-19-27)29(35)33-26-17-14-22(28(20-26)31(37)38)9-8-21-6-4-3-5-7-21/h3-20H,1-2H3,(H,33,35)(H,37,38)/b9-8+. The van der Waals surface area contributed by atoms with Crippen LogP contribution in [0.15, 0.2) is 97.1 Å². The molecule has 40 heavy (non-hydrogen) atoms. The molecule has 0 atom stereocenters. The van der Waals surface area contributed by atoms with E-state index >= 15 is 0 Å². The first-order valence-electron chi connectivity index (χ1n) is 12.2. The Labute approximate surface area is 231 Å². The smallest absolute Gasteiger partial charge is 0.337 e. The van der Waals surface area contributed by atoms with E-state index in [1.54, 1.807) is 61.7 Å². The average Bonchev–Trinajstić information content (AvgIpc) is 2.99. The van der Waals surface area contributed by atoms with Crippen LogP contribution in [0.1, 0.15) is 52.6 Å². The Morgan fingerprint density at radius 1 is 0.775 bits per heavy atom. The number of anilines is 2. The van der Waals surface area contributed by atoms with Gasteiger partial charge in [-0.3, -0.25) is 9.59 Å². The predicted molar refractivity (Wildman–Crippen MR) is 154 cm³/mol. The Kier molecular flexibility index (Phi) is 8.51. The Bertz CT molecular complexity index is 1580. The lowest BCUT2D eigenvalue weighted by molar-refractivity contribution is 0.0599. The molecule has 2 amide bonds. The van der Waals surface area contributed by atoms with Gasteiger partial charge in [-0.1, -0.05) is 48.6 Å². The Balaban J connectivity index is 1.44. The molecule has 2 N–H and O–H groups in total. The highest BCUT2D eigenvalue weighted by molar-refractivity contribution is 6.08. The molecule has 0 aromatic heterocycles. The Morgan fingerprint density at radius 2 is 1.40 bits per heavy atom. The van der Waals surface area contributed by atoms with Gasteiger partial charge in [0.05, 0.1) is 18.2 Å². The second-order valence-electron chi connectivity index (χ2n) is 8.79. The molecule has 4 rings (SSSR count). The second kappa shape index (κ2) is 12.4. The fraction of sp³-hybridized carbons (Fsp3) is 0.0625. The fourth-order valence-corrected chi connectivity index (χ4v) is 3.93. The number of carbonyl (C=O) groups is 4. The largest absolute Gasteiger partial charge is 0.478 e. The summed E-state index contributed by atoms with van der Waals surface area (Å²) < 4.78 is 4.67. The highest BCUT2D eigenvalue weighted by atomic mass is 16.5. The van der Waals surface area contributed by atoms with Gasteiger partial charge < -0.3 is 20.1 Å². The number of hydrogen-bond acceptors (Lipinski definition) is 5. The van der Waals surface area contributed by atoms with Crippen molar-refractivity contribution in [3.63, 3.8) is 0 Å². The monoisotopic (exact) mass is 534 g/mol.